The van der Waals surface area contributed by atoms with Crippen LogP contribution in [0.15, 0.2) is 36.5 Å². The van der Waals surface area contributed by atoms with E-state index in [0.29, 0.717) is 0 Å². The summed E-state index contributed by atoms with van der Waals surface area (Å²) in [6.07, 6.45) is 1.01. The molecule has 0 saturated heterocycles. The van der Waals surface area contributed by atoms with E-state index >= 15 is 0 Å². The lowest BCUT2D eigenvalue weighted by atomic mass is 10.2. The van der Waals surface area contributed by atoms with E-state index in [0.717, 1.165) is 28.8 Å². The number of H-pyrrole nitrogens is 1. The number of hydrogen-bond donors (Lipinski definition) is 2. The molecule has 2 heterocycles. The summed E-state index contributed by atoms with van der Waals surface area (Å²) in [6, 6.07) is 9.65. The molecule has 1 amide bonds. The van der Waals surface area contributed by atoms with Crippen LogP contribution in [0.25, 0.3) is 5.69 Å². The van der Waals surface area contributed by atoms with Crippen LogP contribution in [-0.4, -0.2) is 30.8 Å². The van der Waals surface area contributed by atoms with Crippen molar-refractivity contribution in [1.29, 1.82) is 0 Å². The number of nitrogens with one attached hydrogen (secondary N) is 2. The summed E-state index contributed by atoms with van der Waals surface area (Å²) in [5, 5.41) is 24.0. The molecule has 2 N–H and O–H groups in total. The molecule has 2 aromatic heterocycles. The van der Waals surface area contributed by atoms with Crippen molar-refractivity contribution in [1.82, 2.24) is 25.3 Å². The maximum absolute atomic E-state index is 12.2. The Morgan fingerprint density at radius 1 is 1.32 bits per heavy atom. The Labute approximate surface area is 142 Å². The number of rotatable bonds is 5. The zero-order valence-electron chi connectivity index (χ0n) is 13.7. The van der Waals surface area contributed by atoms with Crippen molar-refractivity contribution in [3.8, 4) is 5.69 Å². The van der Waals surface area contributed by atoms with E-state index in [9.17, 15) is 14.9 Å². The molecular weight excluding hydrogens is 324 g/mol. The fourth-order valence-corrected chi connectivity index (χ4v) is 2.59. The normalized spacial score (nSPS) is 10.6. The lowest BCUT2D eigenvalue weighted by Crippen LogP contribution is -2.24. The predicted molar refractivity (Wildman–Crippen MR) is 89.5 cm³/mol. The maximum Gasteiger partial charge on any atom is 0.319 e. The van der Waals surface area contributed by atoms with E-state index in [4.69, 9.17) is 0 Å². The van der Waals surface area contributed by atoms with E-state index in [1.54, 1.807) is 4.68 Å². The van der Waals surface area contributed by atoms with Gasteiger partial charge < -0.3 is 5.32 Å². The molecule has 0 aliphatic rings. The number of hydrogen-bond acceptors (Lipinski definition) is 5. The van der Waals surface area contributed by atoms with Crippen LogP contribution in [0.2, 0.25) is 0 Å². The molecule has 9 heteroatoms. The molecule has 0 aliphatic carbocycles. The van der Waals surface area contributed by atoms with E-state index < -0.39 is 10.8 Å². The molecule has 3 aromatic rings. The SMILES string of the molecule is Cc1nn(-c2ccccc2)c(C)c1CNC(=O)c1[nH]ncc1[N+](=O)[O-]. The number of nitrogens with zero attached hydrogens (tertiary/aromatic N) is 4. The minimum Gasteiger partial charge on any atom is -0.346 e. The number of nitro groups is 1. The van der Waals surface area contributed by atoms with Gasteiger partial charge in [-0.1, -0.05) is 18.2 Å². The number of aryl methyl sites for hydroxylation is 1. The van der Waals surface area contributed by atoms with Crippen LogP contribution < -0.4 is 5.32 Å². The smallest absolute Gasteiger partial charge is 0.319 e. The monoisotopic (exact) mass is 340 g/mol. The lowest BCUT2D eigenvalue weighted by molar-refractivity contribution is -0.385. The van der Waals surface area contributed by atoms with E-state index in [1.165, 1.54) is 0 Å². The van der Waals surface area contributed by atoms with Crippen LogP contribution in [0.5, 0.6) is 0 Å². The van der Waals surface area contributed by atoms with Crippen molar-refractivity contribution in [2.45, 2.75) is 20.4 Å². The minimum absolute atomic E-state index is 0.171. The number of benzene rings is 1. The second kappa shape index (κ2) is 6.56. The molecule has 25 heavy (non-hydrogen) atoms. The highest BCUT2D eigenvalue weighted by Gasteiger charge is 2.23. The fourth-order valence-electron chi connectivity index (χ4n) is 2.59. The number of aromatic amines is 1. The molecule has 128 valence electrons. The minimum atomic E-state index is -0.650. The third kappa shape index (κ3) is 3.11. The van der Waals surface area contributed by atoms with Crippen molar-refractivity contribution in [3.05, 3.63) is 69.3 Å². The summed E-state index contributed by atoms with van der Waals surface area (Å²) in [6.45, 7) is 3.97. The standard InChI is InChI=1S/C16H16N6O3/c1-10-13(11(2)21(20-10)12-6-4-3-5-7-12)8-17-16(23)15-14(22(24)25)9-18-19-15/h3-7,9H,8H2,1-2H3,(H,17,23)(H,18,19). The summed E-state index contributed by atoms with van der Waals surface area (Å²) < 4.78 is 1.80. The molecule has 9 nitrogen and oxygen atoms in total. The van der Waals surface area contributed by atoms with Gasteiger partial charge in [0.05, 0.1) is 16.3 Å². The summed E-state index contributed by atoms with van der Waals surface area (Å²) in [7, 11) is 0. The average Bonchev–Trinajstić information content (AvgIpc) is 3.19. The van der Waals surface area contributed by atoms with Gasteiger partial charge in [0.15, 0.2) is 0 Å². The van der Waals surface area contributed by atoms with Gasteiger partial charge in [-0.2, -0.15) is 10.2 Å². The average molecular weight is 340 g/mol. The van der Waals surface area contributed by atoms with Crippen LogP contribution in [0.1, 0.15) is 27.4 Å². The molecule has 0 spiro atoms. The van der Waals surface area contributed by atoms with Gasteiger partial charge in [-0.3, -0.25) is 20.0 Å². The summed E-state index contributed by atoms with van der Waals surface area (Å²) in [5.74, 6) is -0.588. The molecule has 0 unspecified atom stereocenters. The number of carbonyl (C=O) groups excluding carboxylic acids is 1. The second-order valence-electron chi connectivity index (χ2n) is 5.47. The van der Waals surface area contributed by atoms with Crippen molar-refractivity contribution in [3.63, 3.8) is 0 Å². The lowest BCUT2D eigenvalue weighted by Gasteiger charge is -2.06. The number of aromatic nitrogens is 4. The molecule has 0 radical (unpaired) electrons. The first kappa shape index (κ1) is 16.4. The van der Waals surface area contributed by atoms with Crippen LogP contribution >= 0.6 is 0 Å². The van der Waals surface area contributed by atoms with Crippen LogP contribution in [0, 0.1) is 24.0 Å². The summed E-state index contributed by atoms with van der Waals surface area (Å²) in [5.41, 5.74) is 2.93. The highest BCUT2D eigenvalue weighted by atomic mass is 16.6. The summed E-state index contributed by atoms with van der Waals surface area (Å²) >= 11 is 0. The molecule has 0 aliphatic heterocycles. The Morgan fingerprint density at radius 2 is 2.04 bits per heavy atom. The maximum atomic E-state index is 12.2. The van der Waals surface area contributed by atoms with Gasteiger partial charge in [-0.15, -0.1) is 0 Å². The van der Waals surface area contributed by atoms with E-state index in [1.807, 2.05) is 44.2 Å². The Hall–Kier alpha value is -3.49. The fraction of sp³-hybridized carbons (Fsp3) is 0.188. The Balaban J connectivity index is 1.80. The first-order chi connectivity index (χ1) is 12.0. The molecule has 0 fully saturated rings. The van der Waals surface area contributed by atoms with Gasteiger partial charge in [-0.05, 0) is 26.0 Å². The molecule has 0 atom stereocenters. The topological polar surface area (TPSA) is 119 Å². The van der Waals surface area contributed by atoms with Gasteiger partial charge in [0.1, 0.15) is 6.20 Å². The van der Waals surface area contributed by atoms with E-state index in [2.05, 4.69) is 20.6 Å². The predicted octanol–water partition coefficient (Wildman–Crippen LogP) is 2.05. The second-order valence-corrected chi connectivity index (χ2v) is 5.47. The number of para-hydroxylation sites is 1. The third-order valence-electron chi connectivity index (χ3n) is 3.91. The zero-order valence-corrected chi connectivity index (χ0v) is 13.7. The van der Waals surface area contributed by atoms with Crippen molar-refractivity contribution < 1.29 is 9.72 Å². The molecule has 1 aromatic carbocycles. The Kier molecular flexibility index (Phi) is 4.29. The number of carbonyl (C=O) groups is 1. The van der Waals surface area contributed by atoms with Gasteiger partial charge in [0.2, 0.25) is 5.69 Å². The molecule has 0 bridgehead atoms. The van der Waals surface area contributed by atoms with Crippen molar-refractivity contribution in [2.24, 2.45) is 0 Å². The van der Waals surface area contributed by atoms with Crippen LogP contribution in [-0.2, 0) is 6.54 Å². The highest BCUT2D eigenvalue weighted by Crippen LogP contribution is 2.18. The molecular formula is C16H16N6O3. The van der Waals surface area contributed by atoms with Crippen LogP contribution in [0.3, 0.4) is 0 Å². The van der Waals surface area contributed by atoms with Crippen molar-refractivity contribution in [2.75, 3.05) is 0 Å². The van der Waals surface area contributed by atoms with E-state index in [-0.39, 0.29) is 17.9 Å². The summed E-state index contributed by atoms with van der Waals surface area (Å²) in [4.78, 5) is 22.4. The van der Waals surface area contributed by atoms with Gasteiger partial charge in [0.25, 0.3) is 5.91 Å². The first-order valence-corrected chi connectivity index (χ1v) is 7.55. The third-order valence-corrected chi connectivity index (χ3v) is 3.91. The number of amides is 1. The molecule has 0 saturated carbocycles. The van der Waals surface area contributed by atoms with Crippen LogP contribution in [0.4, 0.5) is 5.69 Å². The highest BCUT2D eigenvalue weighted by molar-refractivity contribution is 5.95. The molecule has 3 rings (SSSR count). The largest absolute Gasteiger partial charge is 0.346 e. The Bertz CT molecular complexity index is 929. The quantitative estimate of drug-likeness (QED) is 0.544. The van der Waals surface area contributed by atoms with Crippen molar-refractivity contribution >= 4 is 11.6 Å². The van der Waals surface area contributed by atoms with Gasteiger partial charge in [0, 0.05) is 17.8 Å². The first-order valence-electron chi connectivity index (χ1n) is 7.55. The van der Waals surface area contributed by atoms with Gasteiger partial charge >= 0.3 is 5.69 Å². The Morgan fingerprint density at radius 3 is 2.72 bits per heavy atom. The van der Waals surface area contributed by atoms with Gasteiger partial charge in [-0.25, -0.2) is 4.68 Å². The zero-order chi connectivity index (χ0) is 18.0.